The quantitative estimate of drug-likeness (QED) is 0.291. The first-order chi connectivity index (χ1) is 18.2. The van der Waals surface area contributed by atoms with Crippen molar-refractivity contribution < 1.29 is 22.4 Å². The van der Waals surface area contributed by atoms with Crippen LogP contribution in [0.25, 0.3) is 23.0 Å². The van der Waals surface area contributed by atoms with Crippen LogP contribution in [-0.4, -0.2) is 47.6 Å². The molecule has 1 aromatic carbocycles. The summed E-state index contributed by atoms with van der Waals surface area (Å²) < 4.78 is 50.1. The Kier molecular flexibility index (Phi) is 6.81. The smallest absolute Gasteiger partial charge is 0.406 e. The largest absolute Gasteiger partial charge is 0.573 e. The molecule has 0 spiro atoms. The van der Waals surface area contributed by atoms with E-state index in [1.165, 1.54) is 24.3 Å². The van der Waals surface area contributed by atoms with Crippen molar-refractivity contribution in [3.63, 3.8) is 0 Å². The molecule has 38 heavy (non-hydrogen) atoms. The number of pyridine rings is 1. The SMILES string of the molecule is Cc1ccnn1CCNc1ccc(Cn2nc(-c3nc(-c4ccc(OC(F)(F)F)cc4)no3)cc2C)cn1. The molecule has 0 aliphatic rings. The zero-order valence-corrected chi connectivity index (χ0v) is 20.5. The Labute approximate surface area is 215 Å². The maximum atomic E-state index is 12.4. The standard InChI is InChI=1S/C25H23F3N8O2/c1-16-9-10-31-35(16)12-11-29-22-8-3-18(14-30-22)15-36-17(2)13-21(33-36)24-32-23(34-38-24)19-4-6-20(7-5-19)37-25(26,27)28/h3-10,13-14H,11-12,15H2,1-2H3,(H,29,30). The number of aryl methyl sites for hydroxylation is 2. The zero-order chi connectivity index (χ0) is 26.7. The molecule has 0 saturated carbocycles. The van der Waals surface area contributed by atoms with Crippen LogP contribution in [0.4, 0.5) is 19.0 Å². The number of aromatic nitrogens is 7. The lowest BCUT2D eigenvalue weighted by Crippen LogP contribution is -2.16. The van der Waals surface area contributed by atoms with E-state index in [0.29, 0.717) is 24.3 Å². The van der Waals surface area contributed by atoms with E-state index in [-0.39, 0.29) is 17.5 Å². The number of nitrogens with zero attached hydrogens (tertiary/aromatic N) is 7. The van der Waals surface area contributed by atoms with E-state index in [1.54, 1.807) is 17.1 Å². The van der Waals surface area contributed by atoms with Gasteiger partial charge in [0, 0.05) is 35.9 Å². The minimum absolute atomic E-state index is 0.197. The Bertz CT molecular complexity index is 1500. The Balaban J connectivity index is 1.20. The predicted molar refractivity (Wildman–Crippen MR) is 131 cm³/mol. The maximum absolute atomic E-state index is 12.4. The average Bonchev–Trinajstić information content (AvgIpc) is 3.61. The first-order valence-corrected chi connectivity index (χ1v) is 11.7. The molecule has 0 aliphatic carbocycles. The van der Waals surface area contributed by atoms with Crippen LogP contribution in [0.5, 0.6) is 5.75 Å². The van der Waals surface area contributed by atoms with E-state index in [4.69, 9.17) is 4.52 Å². The molecule has 5 aromatic rings. The van der Waals surface area contributed by atoms with Gasteiger partial charge in [-0.2, -0.15) is 15.2 Å². The highest BCUT2D eigenvalue weighted by atomic mass is 19.4. The molecule has 1 N–H and O–H groups in total. The van der Waals surface area contributed by atoms with Crippen molar-refractivity contribution in [2.24, 2.45) is 0 Å². The maximum Gasteiger partial charge on any atom is 0.573 e. The number of halogens is 3. The van der Waals surface area contributed by atoms with Crippen LogP contribution in [-0.2, 0) is 13.1 Å². The number of rotatable bonds is 9. The Morgan fingerprint density at radius 1 is 1.00 bits per heavy atom. The van der Waals surface area contributed by atoms with Crippen molar-refractivity contribution in [3.8, 4) is 28.7 Å². The number of hydrogen-bond donors (Lipinski definition) is 1. The van der Waals surface area contributed by atoms with E-state index < -0.39 is 6.36 Å². The second-order valence-electron chi connectivity index (χ2n) is 8.50. The van der Waals surface area contributed by atoms with Crippen molar-refractivity contribution in [2.45, 2.75) is 33.3 Å². The minimum Gasteiger partial charge on any atom is -0.406 e. The van der Waals surface area contributed by atoms with Gasteiger partial charge in [0.15, 0.2) is 5.69 Å². The average molecular weight is 525 g/mol. The number of benzene rings is 1. The Morgan fingerprint density at radius 3 is 2.50 bits per heavy atom. The molecule has 0 saturated heterocycles. The summed E-state index contributed by atoms with van der Waals surface area (Å²) in [5.41, 5.74) is 3.91. The molecule has 0 aliphatic heterocycles. The van der Waals surface area contributed by atoms with E-state index in [1.807, 2.05) is 42.8 Å². The summed E-state index contributed by atoms with van der Waals surface area (Å²) in [6.07, 6.45) is -1.19. The molecule has 13 heteroatoms. The van der Waals surface area contributed by atoms with E-state index in [0.717, 1.165) is 29.3 Å². The lowest BCUT2D eigenvalue weighted by Gasteiger charge is -2.08. The Hall–Kier alpha value is -4.68. The van der Waals surface area contributed by atoms with Gasteiger partial charge < -0.3 is 14.6 Å². The summed E-state index contributed by atoms with van der Waals surface area (Å²) in [6.45, 7) is 5.86. The van der Waals surface area contributed by atoms with E-state index in [2.05, 4.69) is 35.4 Å². The minimum atomic E-state index is -4.76. The monoisotopic (exact) mass is 524 g/mol. The molecular formula is C25H23F3N8O2. The second-order valence-corrected chi connectivity index (χ2v) is 8.50. The summed E-state index contributed by atoms with van der Waals surface area (Å²) in [7, 11) is 0. The van der Waals surface area contributed by atoms with Crippen molar-refractivity contribution >= 4 is 5.82 Å². The number of nitrogens with one attached hydrogen (secondary N) is 1. The number of anilines is 1. The highest BCUT2D eigenvalue weighted by Crippen LogP contribution is 2.27. The third-order valence-electron chi connectivity index (χ3n) is 5.69. The van der Waals surface area contributed by atoms with Gasteiger partial charge in [-0.3, -0.25) is 9.36 Å². The molecule has 0 bridgehead atoms. The van der Waals surface area contributed by atoms with Gasteiger partial charge in [-0.15, -0.1) is 13.2 Å². The topological polar surface area (TPSA) is 109 Å². The fourth-order valence-corrected chi connectivity index (χ4v) is 3.74. The van der Waals surface area contributed by atoms with Crippen LogP contribution < -0.4 is 10.1 Å². The predicted octanol–water partition coefficient (Wildman–Crippen LogP) is 4.87. The molecule has 4 aromatic heterocycles. The lowest BCUT2D eigenvalue weighted by molar-refractivity contribution is -0.274. The Morgan fingerprint density at radius 2 is 1.82 bits per heavy atom. The van der Waals surface area contributed by atoms with Gasteiger partial charge in [0.05, 0.1) is 13.1 Å². The number of hydrogen-bond acceptors (Lipinski definition) is 8. The van der Waals surface area contributed by atoms with E-state index >= 15 is 0 Å². The molecule has 0 radical (unpaired) electrons. The van der Waals surface area contributed by atoms with Crippen LogP contribution in [0.2, 0.25) is 0 Å². The zero-order valence-electron chi connectivity index (χ0n) is 20.5. The molecule has 10 nitrogen and oxygen atoms in total. The van der Waals surface area contributed by atoms with Gasteiger partial charge in [-0.1, -0.05) is 11.2 Å². The molecule has 0 unspecified atom stereocenters. The highest BCUT2D eigenvalue weighted by Gasteiger charge is 2.31. The van der Waals surface area contributed by atoms with Gasteiger partial charge in [-0.05, 0) is 61.9 Å². The fraction of sp³-hybridized carbons (Fsp3) is 0.240. The summed E-state index contributed by atoms with van der Waals surface area (Å²) in [4.78, 5) is 8.82. The molecule has 5 rings (SSSR count). The van der Waals surface area contributed by atoms with Gasteiger partial charge in [0.1, 0.15) is 11.6 Å². The van der Waals surface area contributed by atoms with Gasteiger partial charge in [0.25, 0.3) is 5.89 Å². The molecule has 4 heterocycles. The van der Waals surface area contributed by atoms with Gasteiger partial charge >= 0.3 is 6.36 Å². The van der Waals surface area contributed by atoms with E-state index in [9.17, 15) is 13.2 Å². The third kappa shape index (κ3) is 5.99. The lowest BCUT2D eigenvalue weighted by atomic mass is 10.2. The summed E-state index contributed by atoms with van der Waals surface area (Å²) in [5, 5.41) is 16.0. The highest BCUT2D eigenvalue weighted by molar-refractivity contribution is 5.59. The van der Waals surface area contributed by atoms with Crippen LogP contribution in [0.3, 0.4) is 0 Å². The summed E-state index contributed by atoms with van der Waals surface area (Å²) in [5.74, 6) is 0.859. The van der Waals surface area contributed by atoms with Crippen molar-refractivity contribution in [2.75, 3.05) is 11.9 Å². The van der Waals surface area contributed by atoms with Gasteiger partial charge in [-0.25, -0.2) is 4.98 Å². The third-order valence-corrected chi connectivity index (χ3v) is 5.69. The molecule has 0 atom stereocenters. The van der Waals surface area contributed by atoms with Crippen molar-refractivity contribution in [1.82, 2.24) is 34.7 Å². The van der Waals surface area contributed by atoms with Crippen LogP contribution in [0.1, 0.15) is 17.0 Å². The number of alkyl halides is 3. The van der Waals surface area contributed by atoms with Crippen LogP contribution in [0.15, 0.2) is 65.4 Å². The van der Waals surface area contributed by atoms with Gasteiger partial charge in [0.2, 0.25) is 5.82 Å². The summed E-state index contributed by atoms with van der Waals surface area (Å²) in [6, 6.07) is 12.9. The molecule has 0 amide bonds. The number of ether oxygens (including phenoxy) is 1. The summed E-state index contributed by atoms with van der Waals surface area (Å²) >= 11 is 0. The van der Waals surface area contributed by atoms with Crippen molar-refractivity contribution in [1.29, 1.82) is 0 Å². The fourth-order valence-electron chi connectivity index (χ4n) is 3.74. The second kappa shape index (κ2) is 10.4. The normalized spacial score (nSPS) is 11.6. The molecular weight excluding hydrogens is 501 g/mol. The first kappa shape index (κ1) is 25.0. The molecule has 196 valence electrons. The molecule has 0 fully saturated rings. The van der Waals surface area contributed by atoms with Crippen LogP contribution >= 0.6 is 0 Å². The van der Waals surface area contributed by atoms with Crippen molar-refractivity contribution in [3.05, 3.63) is 77.9 Å². The van der Waals surface area contributed by atoms with Crippen LogP contribution in [0, 0.1) is 13.8 Å². The first-order valence-electron chi connectivity index (χ1n) is 11.7.